The minimum atomic E-state index is -3.03. The van der Waals surface area contributed by atoms with Crippen LogP contribution in [0.4, 0.5) is 8.78 Å². The number of rotatable bonds is 3. The molecule has 13 heavy (non-hydrogen) atoms. The van der Waals surface area contributed by atoms with Crippen LogP contribution in [0.25, 0.3) is 0 Å². The number of hydrogen-bond donors (Lipinski definition) is 0. The van der Waals surface area contributed by atoms with Gasteiger partial charge in [-0.3, -0.25) is 4.79 Å². The van der Waals surface area contributed by atoms with Crippen LogP contribution in [0.5, 0.6) is 5.75 Å². The van der Waals surface area contributed by atoms with Crippen molar-refractivity contribution < 1.29 is 18.3 Å². The Bertz CT molecular complexity index is 319. The molecule has 3 nitrogen and oxygen atoms in total. The molecule has 0 N–H and O–H groups in total. The van der Waals surface area contributed by atoms with Gasteiger partial charge in [0.05, 0.1) is 5.02 Å². The van der Waals surface area contributed by atoms with Crippen LogP contribution < -0.4 is 4.74 Å². The topological polar surface area (TPSA) is 39.2 Å². The van der Waals surface area contributed by atoms with Crippen LogP contribution in [0, 0.1) is 0 Å². The van der Waals surface area contributed by atoms with E-state index < -0.39 is 12.4 Å². The van der Waals surface area contributed by atoms with E-state index in [1.165, 1.54) is 12.3 Å². The van der Waals surface area contributed by atoms with Gasteiger partial charge in [-0.05, 0) is 6.07 Å². The highest BCUT2D eigenvalue weighted by Gasteiger charge is 2.13. The van der Waals surface area contributed by atoms with Gasteiger partial charge in [0.15, 0.2) is 12.0 Å². The molecule has 0 aliphatic carbocycles. The summed E-state index contributed by atoms with van der Waals surface area (Å²) in [6.07, 6.45) is 1.52. The highest BCUT2D eigenvalue weighted by Crippen LogP contribution is 2.27. The molecule has 0 amide bonds. The number of halogens is 3. The molecular weight excluding hydrogens is 204 g/mol. The van der Waals surface area contributed by atoms with E-state index in [1.807, 2.05) is 0 Å². The number of nitrogens with zero attached hydrogens (tertiary/aromatic N) is 1. The molecule has 1 heterocycles. The van der Waals surface area contributed by atoms with E-state index in [4.69, 9.17) is 11.6 Å². The van der Waals surface area contributed by atoms with Gasteiger partial charge >= 0.3 is 6.61 Å². The zero-order valence-corrected chi connectivity index (χ0v) is 6.96. The van der Waals surface area contributed by atoms with Gasteiger partial charge in [0.1, 0.15) is 5.69 Å². The second-order valence-electron chi connectivity index (χ2n) is 2.00. The third kappa shape index (κ3) is 2.35. The summed E-state index contributed by atoms with van der Waals surface area (Å²) < 4.78 is 27.6. The van der Waals surface area contributed by atoms with Crippen molar-refractivity contribution in [3.8, 4) is 5.75 Å². The Morgan fingerprint density at radius 2 is 2.31 bits per heavy atom. The highest BCUT2D eigenvalue weighted by atomic mass is 35.5. The standard InChI is InChI=1S/C7H4ClF2NO2/c8-4-1-2-11-5(3-12)6(4)13-7(9)10/h1-3,7H. The predicted octanol–water partition coefficient (Wildman–Crippen LogP) is 2.15. The summed E-state index contributed by atoms with van der Waals surface area (Å²) in [6, 6.07) is 1.26. The van der Waals surface area contributed by atoms with E-state index in [-0.39, 0.29) is 10.7 Å². The number of ether oxygens (including phenoxy) is 1. The van der Waals surface area contributed by atoms with Gasteiger partial charge in [-0.25, -0.2) is 4.98 Å². The van der Waals surface area contributed by atoms with Gasteiger partial charge in [-0.15, -0.1) is 0 Å². The highest BCUT2D eigenvalue weighted by molar-refractivity contribution is 6.32. The average molecular weight is 208 g/mol. The van der Waals surface area contributed by atoms with Crippen LogP contribution >= 0.6 is 11.6 Å². The van der Waals surface area contributed by atoms with Crippen molar-refractivity contribution in [2.75, 3.05) is 0 Å². The first-order valence-electron chi connectivity index (χ1n) is 3.19. The average Bonchev–Trinajstić information content (AvgIpc) is 2.08. The Morgan fingerprint density at radius 1 is 1.62 bits per heavy atom. The summed E-state index contributed by atoms with van der Waals surface area (Å²) in [5, 5.41) is -0.0719. The Labute approximate surface area is 77.3 Å². The van der Waals surface area contributed by atoms with Crippen LogP contribution in [-0.4, -0.2) is 17.9 Å². The largest absolute Gasteiger partial charge is 0.431 e. The van der Waals surface area contributed by atoms with Crippen molar-refractivity contribution in [3.05, 3.63) is 23.0 Å². The molecule has 0 aliphatic heterocycles. The lowest BCUT2D eigenvalue weighted by molar-refractivity contribution is -0.0502. The van der Waals surface area contributed by atoms with Crippen LogP contribution in [0.2, 0.25) is 5.02 Å². The summed E-state index contributed by atoms with van der Waals surface area (Å²) in [6.45, 7) is -3.03. The first kappa shape index (κ1) is 9.85. The van der Waals surface area contributed by atoms with E-state index in [2.05, 4.69) is 9.72 Å². The van der Waals surface area contributed by atoms with E-state index in [9.17, 15) is 13.6 Å². The van der Waals surface area contributed by atoms with Crippen molar-refractivity contribution >= 4 is 17.9 Å². The lowest BCUT2D eigenvalue weighted by Gasteiger charge is -2.06. The minimum Gasteiger partial charge on any atom is -0.431 e. The molecule has 0 bridgehead atoms. The van der Waals surface area contributed by atoms with Gasteiger partial charge in [0.2, 0.25) is 0 Å². The Balaban J connectivity index is 3.07. The summed E-state index contributed by atoms with van der Waals surface area (Å²) in [5.41, 5.74) is -0.243. The molecule has 0 unspecified atom stereocenters. The molecule has 0 aromatic carbocycles. The Kier molecular flexibility index (Phi) is 3.13. The van der Waals surface area contributed by atoms with E-state index >= 15 is 0 Å². The van der Waals surface area contributed by atoms with Crippen molar-refractivity contribution in [3.63, 3.8) is 0 Å². The smallest absolute Gasteiger partial charge is 0.387 e. The maximum atomic E-state index is 11.8. The number of hydrogen-bond acceptors (Lipinski definition) is 3. The van der Waals surface area contributed by atoms with Gasteiger partial charge in [-0.2, -0.15) is 8.78 Å². The molecule has 0 spiro atoms. The van der Waals surface area contributed by atoms with Crippen molar-refractivity contribution in [1.82, 2.24) is 4.98 Å². The number of pyridine rings is 1. The summed E-state index contributed by atoms with van der Waals surface area (Å²) in [5.74, 6) is -0.394. The number of carbonyl (C=O) groups is 1. The van der Waals surface area contributed by atoms with Gasteiger partial charge in [-0.1, -0.05) is 11.6 Å². The molecule has 0 atom stereocenters. The third-order valence-electron chi connectivity index (χ3n) is 1.20. The van der Waals surface area contributed by atoms with Gasteiger partial charge in [0, 0.05) is 6.20 Å². The zero-order chi connectivity index (χ0) is 9.84. The van der Waals surface area contributed by atoms with Crippen LogP contribution in [-0.2, 0) is 0 Å². The fraction of sp³-hybridized carbons (Fsp3) is 0.143. The quantitative estimate of drug-likeness (QED) is 0.713. The molecule has 1 aromatic heterocycles. The minimum absolute atomic E-state index is 0.0719. The van der Waals surface area contributed by atoms with Crippen molar-refractivity contribution in [2.45, 2.75) is 6.61 Å². The second-order valence-corrected chi connectivity index (χ2v) is 2.41. The predicted molar refractivity (Wildman–Crippen MR) is 41.3 cm³/mol. The molecule has 1 aromatic rings. The lowest BCUT2D eigenvalue weighted by atomic mass is 10.3. The van der Waals surface area contributed by atoms with Gasteiger partial charge < -0.3 is 4.74 Å². The second kappa shape index (κ2) is 4.13. The lowest BCUT2D eigenvalue weighted by Crippen LogP contribution is -2.05. The number of aldehydes is 1. The molecule has 0 fully saturated rings. The zero-order valence-electron chi connectivity index (χ0n) is 6.21. The maximum absolute atomic E-state index is 11.8. The van der Waals surface area contributed by atoms with E-state index in [0.717, 1.165) is 0 Å². The Hall–Kier alpha value is -1.23. The van der Waals surface area contributed by atoms with Crippen LogP contribution in [0.1, 0.15) is 10.5 Å². The molecule has 0 aliphatic rings. The van der Waals surface area contributed by atoms with E-state index in [1.54, 1.807) is 0 Å². The molecule has 6 heteroatoms. The molecular formula is C7H4ClF2NO2. The monoisotopic (exact) mass is 207 g/mol. The fourth-order valence-electron chi connectivity index (χ4n) is 0.729. The summed E-state index contributed by atoms with van der Waals surface area (Å²) in [7, 11) is 0. The van der Waals surface area contributed by atoms with Gasteiger partial charge in [0.25, 0.3) is 0 Å². The van der Waals surface area contributed by atoms with Crippen molar-refractivity contribution in [2.24, 2.45) is 0 Å². The van der Waals surface area contributed by atoms with Crippen LogP contribution in [0.3, 0.4) is 0 Å². The molecule has 0 saturated heterocycles. The third-order valence-corrected chi connectivity index (χ3v) is 1.50. The summed E-state index contributed by atoms with van der Waals surface area (Å²) in [4.78, 5) is 13.8. The fourth-order valence-corrected chi connectivity index (χ4v) is 0.927. The van der Waals surface area contributed by atoms with Crippen molar-refractivity contribution in [1.29, 1.82) is 0 Å². The number of aromatic nitrogens is 1. The van der Waals surface area contributed by atoms with E-state index in [0.29, 0.717) is 6.29 Å². The molecule has 0 radical (unpaired) electrons. The SMILES string of the molecule is O=Cc1nccc(Cl)c1OC(F)F. The maximum Gasteiger partial charge on any atom is 0.387 e. The molecule has 0 saturated carbocycles. The normalized spacial score (nSPS) is 10.2. The van der Waals surface area contributed by atoms with Crippen LogP contribution in [0.15, 0.2) is 12.3 Å². The number of carbonyl (C=O) groups excluding carboxylic acids is 1. The molecule has 70 valence electrons. The first-order chi connectivity index (χ1) is 6.15. The first-order valence-corrected chi connectivity index (χ1v) is 3.57. The Morgan fingerprint density at radius 3 is 2.85 bits per heavy atom. The number of alkyl halides is 2. The summed E-state index contributed by atoms with van der Waals surface area (Å²) >= 11 is 5.50. The molecule has 1 rings (SSSR count).